The first-order chi connectivity index (χ1) is 14.1. The van der Waals surface area contributed by atoms with Crippen molar-refractivity contribution in [3.05, 3.63) is 99.9 Å². The molecule has 0 radical (unpaired) electrons. The number of benzene rings is 3. The second-order valence-corrected chi connectivity index (χ2v) is 6.75. The number of rotatable bonds is 4. The summed E-state index contributed by atoms with van der Waals surface area (Å²) in [4.78, 5) is 26.0. The lowest BCUT2D eigenvalue weighted by Crippen LogP contribution is -2.22. The van der Waals surface area contributed by atoms with Crippen molar-refractivity contribution in [2.45, 2.75) is 0 Å². The summed E-state index contributed by atoms with van der Waals surface area (Å²) in [5.41, 5.74) is 0.576. The molecule has 0 aliphatic carbocycles. The van der Waals surface area contributed by atoms with Crippen LogP contribution in [0.5, 0.6) is 11.5 Å². The van der Waals surface area contributed by atoms with E-state index in [0.29, 0.717) is 33.0 Å². The van der Waals surface area contributed by atoms with Crippen LogP contribution >= 0.6 is 11.6 Å². The van der Waals surface area contributed by atoms with Gasteiger partial charge in [0.1, 0.15) is 11.5 Å². The lowest BCUT2D eigenvalue weighted by molar-refractivity contribution is 0.0736. The zero-order chi connectivity index (χ0) is 20.4. The largest absolute Gasteiger partial charge is 0.497 e. The van der Waals surface area contributed by atoms with Gasteiger partial charge in [-0.1, -0.05) is 41.9 Å². The fourth-order valence-electron chi connectivity index (χ4n) is 3.10. The summed E-state index contributed by atoms with van der Waals surface area (Å²) in [7, 11) is 1.54. The highest BCUT2D eigenvalue weighted by molar-refractivity contribution is 6.30. The first-order valence-electron chi connectivity index (χ1n) is 8.83. The molecule has 4 rings (SSSR count). The van der Waals surface area contributed by atoms with Gasteiger partial charge in [0, 0.05) is 28.1 Å². The Bertz CT molecular complexity index is 1280. The number of esters is 1. The zero-order valence-corrected chi connectivity index (χ0v) is 16.2. The maximum Gasteiger partial charge on any atom is 0.345 e. The zero-order valence-electron chi connectivity index (χ0n) is 15.5. The Morgan fingerprint density at radius 3 is 2.38 bits per heavy atom. The van der Waals surface area contributed by atoms with Gasteiger partial charge in [0.25, 0.3) is 5.56 Å². The highest BCUT2D eigenvalue weighted by Crippen LogP contribution is 2.23. The van der Waals surface area contributed by atoms with E-state index in [9.17, 15) is 9.59 Å². The third-order valence-corrected chi connectivity index (χ3v) is 4.72. The Labute approximate surface area is 171 Å². The Hall–Kier alpha value is -3.57. The predicted octanol–water partition coefficient (Wildman–Crippen LogP) is 4.87. The molecular formula is C23H16ClNO4. The predicted molar refractivity (Wildman–Crippen MR) is 113 cm³/mol. The number of ether oxygens (including phenoxy) is 2. The van der Waals surface area contributed by atoms with E-state index < -0.39 is 5.97 Å². The lowest BCUT2D eigenvalue weighted by Gasteiger charge is -2.12. The average Bonchev–Trinajstić information content (AvgIpc) is 2.74. The van der Waals surface area contributed by atoms with Crippen molar-refractivity contribution in [2.75, 3.05) is 7.11 Å². The molecule has 0 N–H and O–H groups in total. The van der Waals surface area contributed by atoms with Crippen LogP contribution in [0.15, 0.2) is 83.8 Å². The molecule has 29 heavy (non-hydrogen) atoms. The number of carbonyl (C=O) groups is 1. The van der Waals surface area contributed by atoms with Gasteiger partial charge in [-0.05, 0) is 36.4 Å². The van der Waals surface area contributed by atoms with Gasteiger partial charge in [-0.15, -0.1) is 0 Å². The Morgan fingerprint density at radius 2 is 1.62 bits per heavy atom. The van der Waals surface area contributed by atoms with E-state index in [1.54, 1.807) is 72.8 Å². The van der Waals surface area contributed by atoms with Gasteiger partial charge in [-0.2, -0.15) is 0 Å². The molecule has 0 atom stereocenters. The molecule has 0 unspecified atom stereocenters. The number of halogens is 1. The van der Waals surface area contributed by atoms with E-state index in [-0.39, 0.29) is 11.1 Å². The first kappa shape index (κ1) is 18.8. The smallest absolute Gasteiger partial charge is 0.345 e. The topological polar surface area (TPSA) is 57.5 Å². The van der Waals surface area contributed by atoms with E-state index in [1.165, 1.54) is 17.9 Å². The van der Waals surface area contributed by atoms with Crippen LogP contribution in [-0.4, -0.2) is 17.6 Å². The van der Waals surface area contributed by atoms with Gasteiger partial charge in [-0.3, -0.25) is 9.36 Å². The van der Waals surface area contributed by atoms with E-state index in [1.807, 2.05) is 0 Å². The first-order valence-corrected chi connectivity index (χ1v) is 9.21. The molecule has 0 spiro atoms. The minimum Gasteiger partial charge on any atom is -0.497 e. The maximum absolute atomic E-state index is 13.0. The van der Waals surface area contributed by atoms with Gasteiger partial charge < -0.3 is 9.47 Å². The number of nitrogens with zero attached hydrogens (tertiary/aromatic N) is 1. The second-order valence-electron chi connectivity index (χ2n) is 6.31. The lowest BCUT2D eigenvalue weighted by atomic mass is 10.1. The minimum absolute atomic E-state index is 0.249. The quantitative estimate of drug-likeness (QED) is 0.359. The monoisotopic (exact) mass is 405 g/mol. The van der Waals surface area contributed by atoms with Gasteiger partial charge >= 0.3 is 5.97 Å². The third-order valence-electron chi connectivity index (χ3n) is 4.48. The summed E-state index contributed by atoms with van der Waals surface area (Å²) in [6.45, 7) is 0. The van der Waals surface area contributed by atoms with E-state index in [0.717, 1.165) is 0 Å². The van der Waals surface area contributed by atoms with Gasteiger partial charge in [0.2, 0.25) is 0 Å². The molecule has 0 aliphatic heterocycles. The average molecular weight is 406 g/mol. The van der Waals surface area contributed by atoms with Crippen LogP contribution in [0.4, 0.5) is 0 Å². The van der Waals surface area contributed by atoms with Crippen molar-refractivity contribution in [1.82, 2.24) is 4.57 Å². The summed E-state index contributed by atoms with van der Waals surface area (Å²) >= 11 is 6.08. The molecule has 0 saturated carbocycles. The summed E-state index contributed by atoms with van der Waals surface area (Å²) < 4.78 is 12.1. The number of carbonyl (C=O) groups excluding carboxylic acids is 1. The van der Waals surface area contributed by atoms with Gasteiger partial charge in [0.15, 0.2) is 0 Å². The fourth-order valence-corrected chi connectivity index (χ4v) is 3.28. The number of methoxy groups -OCH3 is 1. The molecule has 0 bridgehead atoms. The summed E-state index contributed by atoms with van der Waals surface area (Å²) in [6.07, 6.45) is 1.48. The molecular weight excluding hydrogens is 390 g/mol. The normalized spacial score (nSPS) is 10.7. The minimum atomic E-state index is -0.578. The van der Waals surface area contributed by atoms with Crippen LogP contribution in [0.2, 0.25) is 5.02 Å². The van der Waals surface area contributed by atoms with Crippen molar-refractivity contribution in [2.24, 2.45) is 0 Å². The van der Waals surface area contributed by atoms with Gasteiger partial charge in [-0.25, -0.2) is 4.79 Å². The standard InChI is InChI=1S/C23H16ClNO4/c1-28-17-8-5-9-18(13-17)29-23(27)21-14-25(16-7-4-6-15(24)12-16)22(26)20-11-3-2-10-19(20)21/h2-14H,1H3. The Morgan fingerprint density at radius 1 is 0.897 bits per heavy atom. The third kappa shape index (κ3) is 3.73. The van der Waals surface area contributed by atoms with Crippen LogP contribution in [0.3, 0.4) is 0 Å². The van der Waals surface area contributed by atoms with Crippen molar-refractivity contribution in [1.29, 1.82) is 0 Å². The van der Waals surface area contributed by atoms with Crippen LogP contribution in [-0.2, 0) is 0 Å². The Kier molecular flexibility index (Phi) is 5.06. The summed E-state index contributed by atoms with van der Waals surface area (Å²) in [5, 5.41) is 1.42. The SMILES string of the molecule is COc1cccc(OC(=O)c2cn(-c3cccc(Cl)c3)c(=O)c3ccccc23)c1. The number of fused-ring (bicyclic) bond motifs is 1. The molecule has 6 heteroatoms. The maximum atomic E-state index is 13.0. The number of pyridine rings is 1. The summed E-state index contributed by atoms with van der Waals surface area (Å²) in [5.74, 6) is 0.341. The fraction of sp³-hybridized carbons (Fsp3) is 0.0435. The molecule has 144 valence electrons. The van der Waals surface area contributed by atoms with Crippen LogP contribution in [0.25, 0.3) is 16.5 Å². The van der Waals surface area contributed by atoms with Crippen LogP contribution in [0.1, 0.15) is 10.4 Å². The highest BCUT2D eigenvalue weighted by atomic mass is 35.5. The second kappa shape index (κ2) is 7.81. The molecule has 0 aliphatic rings. The molecule has 1 heterocycles. The molecule has 1 aromatic heterocycles. The summed E-state index contributed by atoms with van der Waals surface area (Å²) in [6, 6.07) is 20.6. The van der Waals surface area contributed by atoms with Crippen LogP contribution < -0.4 is 15.0 Å². The van der Waals surface area contributed by atoms with E-state index >= 15 is 0 Å². The molecule has 5 nitrogen and oxygen atoms in total. The molecule has 4 aromatic rings. The van der Waals surface area contributed by atoms with Crippen molar-refractivity contribution >= 4 is 28.3 Å². The molecule has 0 amide bonds. The van der Waals surface area contributed by atoms with Crippen LogP contribution in [0, 0.1) is 0 Å². The van der Waals surface area contributed by atoms with Gasteiger partial charge in [0.05, 0.1) is 18.4 Å². The van der Waals surface area contributed by atoms with E-state index in [4.69, 9.17) is 21.1 Å². The molecule has 3 aromatic carbocycles. The van der Waals surface area contributed by atoms with Crippen molar-refractivity contribution in [3.63, 3.8) is 0 Å². The van der Waals surface area contributed by atoms with Crippen molar-refractivity contribution < 1.29 is 14.3 Å². The van der Waals surface area contributed by atoms with E-state index in [2.05, 4.69) is 0 Å². The molecule has 0 fully saturated rings. The Balaban J connectivity index is 1.86. The van der Waals surface area contributed by atoms with Crippen molar-refractivity contribution in [3.8, 4) is 17.2 Å². The number of hydrogen-bond donors (Lipinski definition) is 0. The highest BCUT2D eigenvalue weighted by Gasteiger charge is 2.17. The number of hydrogen-bond acceptors (Lipinski definition) is 4. The number of aromatic nitrogens is 1. The molecule has 0 saturated heterocycles.